The van der Waals surface area contributed by atoms with E-state index in [0.29, 0.717) is 13.0 Å². The third-order valence-corrected chi connectivity index (χ3v) is 3.30. The maximum absolute atomic E-state index is 11.4. The molecule has 0 aromatic rings. The van der Waals surface area contributed by atoms with Gasteiger partial charge in [0.05, 0.1) is 0 Å². The Hall–Kier alpha value is -0.660. The molecule has 0 bridgehead atoms. The Morgan fingerprint density at radius 1 is 1.57 bits per heavy atom. The molecular formula is C7H16N2O4S. The predicted molar refractivity (Wildman–Crippen MR) is 52.1 cm³/mol. The van der Waals surface area contributed by atoms with Gasteiger partial charge >= 0.3 is 5.97 Å². The number of aliphatic carboxylic acids is 1. The lowest BCUT2D eigenvalue weighted by atomic mass is 10.4. The molecule has 84 valence electrons. The van der Waals surface area contributed by atoms with E-state index in [1.165, 1.54) is 14.0 Å². The summed E-state index contributed by atoms with van der Waals surface area (Å²) in [5.74, 6) is -1.20. The quantitative estimate of drug-likeness (QED) is 0.645. The van der Waals surface area contributed by atoms with Gasteiger partial charge in [0.1, 0.15) is 6.04 Å². The first-order valence-corrected chi connectivity index (χ1v) is 5.71. The average molecular weight is 224 g/mol. The summed E-state index contributed by atoms with van der Waals surface area (Å²) in [5, 5.41) is 8.51. The van der Waals surface area contributed by atoms with E-state index in [-0.39, 0.29) is 0 Å². The highest BCUT2D eigenvalue weighted by atomic mass is 32.2. The van der Waals surface area contributed by atoms with Gasteiger partial charge < -0.3 is 5.11 Å². The molecule has 0 unspecified atom stereocenters. The van der Waals surface area contributed by atoms with Gasteiger partial charge in [-0.05, 0) is 13.3 Å². The molecule has 7 heteroatoms. The maximum atomic E-state index is 11.4. The molecule has 0 spiro atoms. The molecule has 14 heavy (non-hydrogen) atoms. The fraction of sp³-hybridized carbons (Fsp3) is 0.857. The van der Waals surface area contributed by atoms with Crippen LogP contribution >= 0.6 is 0 Å². The van der Waals surface area contributed by atoms with E-state index < -0.39 is 22.2 Å². The van der Waals surface area contributed by atoms with E-state index in [0.717, 1.165) is 4.31 Å². The molecular weight excluding hydrogens is 208 g/mol. The molecule has 0 fully saturated rings. The zero-order chi connectivity index (χ0) is 11.4. The van der Waals surface area contributed by atoms with Gasteiger partial charge in [0, 0.05) is 13.6 Å². The van der Waals surface area contributed by atoms with Gasteiger partial charge in [-0.2, -0.15) is 17.4 Å². The Morgan fingerprint density at radius 2 is 2.07 bits per heavy atom. The maximum Gasteiger partial charge on any atom is 0.321 e. The van der Waals surface area contributed by atoms with Gasteiger partial charge in [0.15, 0.2) is 0 Å². The zero-order valence-electron chi connectivity index (χ0n) is 8.52. The molecule has 2 N–H and O–H groups in total. The van der Waals surface area contributed by atoms with Crippen LogP contribution in [0.5, 0.6) is 0 Å². The molecule has 0 aromatic carbocycles. The van der Waals surface area contributed by atoms with Crippen molar-refractivity contribution in [1.29, 1.82) is 0 Å². The molecule has 1 atom stereocenters. The largest absolute Gasteiger partial charge is 0.480 e. The summed E-state index contributed by atoms with van der Waals surface area (Å²) in [4.78, 5) is 10.4. The summed E-state index contributed by atoms with van der Waals surface area (Å²) < 4.78 is 25.9. The number of carboxylic acids is 1. The second-order valence-electron chi connectivity index (χ2n) is 3.00. The monoisotopic (exact) mass is 224 g/mol. The summed E-state index contributed by atoms with van der Waals surface area (Å²) in [6.07, 6.45) is 0.679. The Bertz CT molecular complexity index is 288. The fourth-order valence-electron chi connectivity index (χ4n) is 0.799. The van der Waals surface area contributed by atoms with Gasteiger partial charge in [0.2, 0.25) is 0 Å². The fourth-order valence-corrected chi connectivity index (χ4v) is 1.95. The highest BCUT2D eigenvalue weighted by Gasteiger charge is 2.22. The van der Waals surface area contributed by atoms with Crippen LogP contribution in [0.15, 0.2) is 0 Å². The first-order chi connectivity index (χ1) is 6.31. The number of nitrogens with one attached hydrogen (secondary N) is 1. The topological polar surface area (TPSA) is 86.7 Å². The van der Waals surface area contributed by atoms with Gasteiger partial charge in [0.25, 0.3) is 10.2 Å². The summed E-state index contributed by atoms with van der Waals surface area (Å²) in [6, 6.07) is -1.11. The van der Waals surface area contributed by atoms with E-state index in [2.05, 4.69) is 0 Å². The van der Waals surface area contributed by atoms with E-state index in [9.17, 15) is 13.2 Å². The second kappa shape index (κ2) is 5.28. The van der Waals surface area contributed by atoms with Crippen molar-refractivity contribution < 1.29 is 18.3 Å². The van der Waals surface area contributed by atoms with Crippen LogP contribution in [0.3, 0.4) is 0 Å². The number of nitrogens with zero attached hydrogens (tertiary/aromatic N) is 1. The molecule has 0 saturated heterocycles. The van der Waals surface area contributed by atoms with Crippen LogP contribution in [0.1, 0.15) is 20.3 Å². The zero-order valence-corrected chi connectivity index (χ0v) is 9.34. The molecule has 0 saturated carbocycles. The lowest BCUT2D eigenvalue weighted by molar-refractivity contribution is -0.138. The van der Waals surface area contributed by atoms with Crippen LogP contribution in [-0.2, 0) is 15.0 Å². The number of hydrogen-bond acceptors (Lipinski definition) is 3. The third kappa shape index (κ3) is 4.03. The number of rotatable bonds is 6. The molecule has 0 rings (SSSR count). The summed E-state index contributed by atoms with van der Waals surface area (Å²) in [7, 11) is -2.26. The lowest BCUT2D eigenvalue weighted by Gasteiger charge is -2.18. The van der Waals surface area contributed by atoms with E-state index in [1.54, 1.807) is 0 Å². The second-order valence-corrected chi connectivity index (χ2v) is 4.81. The molecule has 0 amide bonds. The van der Waals surface area contributed by atoms with Crippen molar-refractivity contribution in [2.24, 2.45) is 0 Å². The van der Waals surface area contributed by atoms with Crippen LogP contribution in [0.25, 0.3) is 0 Å². The number of carbonyl (C=O) groups is 1. The smallest absolute Gasteiger partial charge is 0.321 e. The molecule has 0 aliphatic heterocycles. The lowest BCUT2D eigenvalue weighted by Crippen LogP contribution is -2.45. The van der Waals surface area contributed by atoms with Gasteiger partial charge in [-0.25, -0.2) is 0 Å². The van der Waals surface area contributed by atoms with Crippen LogP contribution in [0, 0.1) is 0 Å². The van der Waals surface area contributed by atoms with Crippen molar-refractivity contribution in [3.8, 4) is 0 Å². The Balaban J connectivity index is 4.41. The van der Waals surface area contributed by atoms with E-state index in [1.807, 2.05) is 11.6 Å². The number of hydrogen-bond donors (Lipinski definition) is 2. The minimum atomic E-state index is -3.66. The van der Waals surface area contributed by atoms with Crippen molar-refractivity contribution in [3.63, 3.8) is 0 Å². The van der Waals surface area contributed by atoms with Crippen molar-refractivity contribution in [2.45, 2.75) is 26.3 Å². The van der Waals surface area contributed by atoms with Crippen molar-refractivity contribution in [2.75, 3.05) is 13.6 Å². The molecule has 0 aliphatic rings. The Morgan fingerprint density at radius 3 is 2.43 bits per heavy atom. The minimum absolute atomic E-state index is 0.363. The molecule has 0 heterocycles. The highest BCUT2D eigenvalue weighted by molar-refractivity contribution is 7.87. The van der Waals surface area contributed by atoms with Crippen LogP contribution < -0.4 is 4.72 Å². The average Bonchev–Trinajstić information content (AvgIpc) is 2.03. The Kier molecular flexibility index (Phi) is 5.03. The normalized spacial score (nSPS) is 14.3. The van der Waals surface area contributed by atoms with Crippen LogP contribution in [0.2, 0.25) is 0 Å². The van der Waals surface area contributed by atoms with E-state index >= 15 is 0 Å². The minimum Gasteiger partial charge on any atom is -0.480 e. The summed E-state index contributed by atoms with van der Waals surface area (Å²) in [5.41, 5.74) is 0. The van der Waals surface area contributed by atoms with Crippen LogP contribution in [0.4, 0.5) is 0 Å². The van der Waals surface area contributed by atoms with Gasteiger partial charge in [-0.3, -0.25) is 4.79 Å². The van der Waals surface area contributed by atoms with E-state index in [4.69, 9.17) is 5.11 Å². The molecule has 0 radical (unpaired) electrons. The Labute approximate surface area is 84.1 Å². The molecule has 0 aromatic heterocycles. The first-order valence-electron chi connectivity index (χ1n) is 4.27. The summed E-state index contributed by atoms with van der Waals surface area (Å²) in [6.45, 7) is 3.48. The number of carboxylic acid groups (broad SMARTS) is 1. The molecule has 0 aliphatic carbocycles. The van der Waals surface area contributed by atoms with Gasteiger partial charge in [-0.15, -0.1) is 0 Å². The van der Waals surface area contributed by atoms with Gasteiger partial charge in [-0.1, -0.05) is 6.92 Å². The SMILES string of the molecule is CCCN(C)S(=O)(=O)N[C@H](C)C(=O)O. The van der Waals surface area contributed by atoms with Crippen LogP contribution in [-0.4, -0.2) is 43.4 Å². The molecule has 6 nitrogen and oxygen atoms in total. The third-order valence-electron chi connectivity index (χ3n) is 1.64. The van der Waals surface area contributed by atoms with Crippen molar-refractivity contribution in [1.82, 2.24) is 9.03 Å². The predicted octanol–water partition coefficient (Wildman–Crippen LogP) is -0.364. The highest BCUT2D eigenvalue weighted by Crippen LogP contribution is 1.97. The summed E-state index contributed by atoms with van der Waals surface area (Å²) >= 11 is 0. The van der Waals surface area contributed by atoms with Crippen molar-refractivity contribution in [3.05, 3.63) is 0 Å². The van der Waals surface area contributed by atoms with Crippen molar-refractivity contribution >= 4 is 16.2 Å². The first kappa shape index (κ1) is 13.3. The standard InChI is InChI=1S/C7H16N2O4S/c1-4-5-9(3)14(12,13)8-6(2)7(10)11/h6,8H,4-5H2,1-3H3,(H,10,11)/t6-/m1/s1.